The van der Waals surface area contributed by atoms with Crippen molar-refractivity contribution in [3.05, 3.63) is 180 Å². The minimum atomic E-state index is 0.500. The first-order valence-electron chi connectivity index (χ1n) is 18.8. The van der Waals surface area contributed by atoms with Gasteiger partial charge in [0.2, 0.25) is 0 Å². The molecule has 0 saturated heterocycles. The number of nitrogens with zero attached hydrogens (tertiary/aromatic N) is 9. The number of pyridine rings is 3. The number of rotatable bonds is 12. The fourth-order valence-electron chi connectivity index (χ4n) is 5.97. The van der Waals surface area contributed by atoms with Crippen molar-refractivity contribution < 1.29 is 13.7 Å². The third-order valence-corrected chi connectivity index (χ3v) is 9.49. The Morgan fingerprint density at radius 2 is 0.491 bits per heavy atom. The van der Waals surface area contributed by atoms with E-state index in [1.165, 1.54) is 17.1 Å². The molecule has 7 rings (SSSR count). The van der Waals surface area contributed by atoms with Crippen LogP contribution in [0.15, 0.2) is 146 Å². The Morgan fingerprint density at radius 1 is 0.298 bits per heavy atom. The first-order valence-corrected chi connectivity index (χ1v) is 18.8. The Hall–Kier alpha value is -7.26. The van der Waals surface area contributed by atoms with Crippen molar-refractivity contribution in [1.82, 2.24) is 15.0 Å². The van der Waals surface area contributed by atoms with Crippen LogP contribution in [0.3, 0.4) is 0 Å². The molecule has 0 radical (unpaired) electrons. The van der Waals surface area contributed by atoms with Gasteiger partial charge in [-0.1, -0.05) is 72.9 Å². The van der Waals surface area contributed by atoms with E-state index in [0.717, 1.165) is 33.4 Å². The molecule has 4 heterocycles. The molecule has 9 heteroatoms. The van der Waals surface area contributed by atoms with Crippen LogP contribution in [0, 0.1) is 0 Å². The predicted octanol–water partition coefficient (Wildman–Crippen LogP) is 7.41. The number of anilines is 3. The van der Waals surface area contributed by atoms with Crippen LogP contribution < -0.4 is 28.4 Å². The second kappa shape index (κ2) is 17.5. The van der Waals surface area contributed by atoms with Crippen LogP contribution in [0.25, 0.3) is 54.3 Å². The molecule has 0 unspecified atom stereocenters. The smallest absolute Gasteiger partial charge is 0.378 e. The van der Waals surface area contributed by atoms with Gasteiger partial charge in [0.15, 0.2) is 0 Å². The Balaban J connectivity index is 1.15. The van der Waals surface area contributed by atoms with Gasteiger partial charge in [-0.05, 0) is 106 Å². The molecule has 0 spiro atoms. The lowest BCUT2D eigenvalue weighted by atomic mass is 10.1. The van der Waals surface area contributed by atoms with Crippen molar-refractivity contribution in [3.63, 3.8) is 0 Å². The molecule has 7 aromatic rings. The average molecular weight is 751 g/mol. The van der Waals surface area contributed by atoms with E-state index in [4.69, 9.17) is 15.0 Å². The first kappa shape index (κ1) is 38.0. The topological polar surface area (TPSA) is 60.0 Å². The second-order valence-electron chi connectivity index (χ2n) is 14.3. The maximum atomic E-state index is 4.92. The molecular formula is C48H48N9+3. The molecule has 0 amide bonds. The summed E-state index contributed by atoms with van der Waals surface area (Å²) in [6.07, 6.45) is 24.5. The molecule has 0 fully saturated rings. The van der Waals surface area contributed by atoms with E-state index < -0.39 is 0 Å². The van der Waals surface area contributed by atoms with Gasteiger partial charge >= 0.3 is 17.8 Å². The van der Waals surface area contributed by atoms with Gasteiger partial charge in [0.05, 0.1) is 37.2 Å². The van der Waals surface area contributed by atoms with E-state index >= 15 is 0 Å². The molecule has 0 saturated carbocycles. The summed E-state index contributed by atoms with van der Waals surface area (Å²) in [4.78, 5) is 21.0. The van der Waals surface area contributed by atoms with Crippen LogP contribution in [0.5, 0.6) is 0 Å². The fourth-order valence-corrected chi connectivity index (χ4v) is 5.97. The summed E-state index contributed by atoms with van der Waals surface area (Å²) in [5, 5.41) is 0. The standard InChI is InChI=1S/C48H48N9/c1-52(2)43-19-13-37(14-20-43)7-10-40-25-31-55(32-26-40)46-49-47(56-33-27-41(28-34-56)11-8-38-15-21-44(22-16-38)53(3)4)51-48(50-46)57-35-29-42(30-36-57)12-9-39-17-23-45(24-18-39)54(5)6/h7-36H,1-6H3/q+3. The number of hydrogen-bond acceptors (Lipinski definition) is 6. The third-order valence-electron chi connectivity index (χ3n) is 9.49. The highest BCUT2D eigenvalue weighted by atomic mass is 15.3. The average Bonchev–Trinajstić information content (AvgIpc) is 3.25. The zero-order valence-corrected chi connectivity index (χ0v) is 33.3. The van der Waals surface area contributed by atoms with Crippen molar-refractivity contribution in [2.24, 2.45) is 0 Å². The second-order valence-corrected chi connectivity index (χ2v) is 14.3. The van der Waals surface area contributed by atoms with E-state index in [-0.39, 0.29) is 0 Å². The zero-order valence-electron chi connectivity index (χ0n) is 33.3. The largest absolute Gasteiger partial charge is 0.449 e. The molecule has 0 bridgehead atoms. The third kappa shape index (κ3) is 9.89. The summed E-state index contributed by atoms with van der Waals surface area (Å²) in [6.45, 7) is 0. The summed E-state index contributed by atoms with van der Waals surface area (Å²) in [7, 11) is 12.3. The van der Waals surface area contributed by atoms with Gasteiger partial charge in [-0.2, -0.15) is 0 Å². The summed E-state index contributed by atoms with van der Waals surface area (Å²) in [5.41, 5.74) is 10.1. The van der Waals surface area contributed by atoms with Crippen LogP contribution >= 0.6 is 0 Å². The highest BCUT2D eigenvalue weighted by molar-refractivity contribution is 5.72. The highest BCUT2D eigenvalue weighted by Crippen LogP contribution is 2.17. The van der Waals surface area contributed by atoms with Crippen LogP contribution in [0.2, 0.25) is 0 Å². The summed E-state index contributed by atoms with van der Waals surface area (Å²) >= 11 is 0. The lowest BCUT2D eigenvalue weighted by molar-refractivity contribution is -0.629. The Morgan fingerprint density at radius 3 is 0.684 bits per heavy atom. The highest BCUT2D eigenvalue weighted by Gasteiger charge is 2.26. The van der Waals surface area contributed by atoms with E-state index in [1.54, 1.807) is 0 Å². The number of aromatic nitrogens is 6. The molecule has 3 aromatic carbocycles. The number of hydrogen-bond donors (Lipinski definition) is 0. The van der Waals surface area contributed by atoms with Crippen molar-refractivity contribution in [1.29, 1.82) is 0 Å². The minimum absolute atomic E-state index is 0.500. The summed E-state index contributed by atoms with van der Waals surface area (Å²) in [5.74, 6) is 1.50. The molecule has 0 N–H and O–H groups in total. The van der Waals surface area contributed by atoms with Gasteiger partial charge in [0, 0.05) is 74.3 Å². The SMILES string of the molecule is CN(C)c1ccc(/C=C/c2cc[n+](-c3nc(-[n+]4ccc(/C=C/c5ccc(N(C)C)cc5)cc4)nc(-[n+]4ccc(/C=C/c5ccc(N(C)C)cc5)cc4)n3)cc2)cc1. The van der Waals surface area contributed by atoms with Gasteiger partial charge in [-0.15, -0.1) is 0 Å². The van der Waals surface area contributed by atoms with Crippen LogP contribution in [0.1, 0.15) is 33.4 Å². The van der Waals surface area contributed by atoms with Gasteiger partial charge in [0.1, 0.15) is 0 Å². The predicted molar refractivity (Wildman–Crippen MR) is 234 cm³/mol. The van der Waals surface area contributed by atoms with Crippen molar-refractivity contribution in [2.45, 2.75) is 0 Å². The molecule has 9 nitrogen and oxygen atoms in total. The molecule has 0 atom stereocenters. The van der Waals surface area contributed by atoms with Crippen LogP contribution in [0.4, 0.5) is 17.1 Å². The maximum Gasteiger partial charge on any atom is 0.449 e. The molecular weight excluding hydrogens is 703 g/mol. The van der Waals surface area contributed by atoms with Crippen molar-refractivity contribution >= 4 is 53.5 Å². The lowest BCUT2D eigenvalue weighted by Crippen LogP contribution is -2.42. The zero-order chi connectivity index (χ0) is 39.7. The summed E-state index contributed by atoms with van der Waals surface area (Å²) in [6, 6.07) is 37.8. The monoisotopic (exact) mass is 750 g/mol. The molecule has 0 aliphatic rings. The molecule has 0 aliphatic carbocycles. The fraction of sp³-hybridized carbons (Fsp3) is 0.125. The van der Waals surface area contributed by atoms with Gasteiger partial charge < -0.3 is 14.7 Å². The van der Waals surface area contributed by atoms with E-state index in [0.29, 0.717) is 17.8 Å². The van der Waals surface area contributed by atoms with E-state index in [9.17, 15) is 0 Å². The van der Waals surface area contributed by atoms with Crippen LogP contribution in [-0.2, 0) is 0 Å². The van der Waals surface area contributed by atoms with E-state index in [2.05, 4.69) is 160 Å². The van der Waals surface area contributed by atoms with E-state index in [1.807, 2.05) is 93.2 Å². The molecule has 0 aliphatic heterocycles. The molecule has 57 heavy (non-hydrogen) atoms. The maximum absolute atomic E-state index is 4.92. The summed E-state index contributed by atoms with van der Waals surface area (Å²) < 4.78 is 5.74. The quantitative estimate of drug-likeness (QED) is 0.121. The molecule has 4 aromatic heterocycles. The number of benzene rings is 3. The van der Waals surface area contributed by atoms with Gasteiger partial charge in [-0.25, -0.2) is 13.7 Å². The Labute approximate surface area is 335 Å². The van der Waals surface area contributed by atoms with Crippen molar-refractivity contribution in [3.8, 4) is 17.8 Å². The lowest BCUT2D eigenvalue weighted by Gasteiger charge is -2.11. The minimum Gasteiger partial charge on any atom is -0.378 e. The Kier molecular flexibility index (Phi) is 11.7. The van der Waals surface area contributed by atoms with Gasteiger partial charge in [-0.3, -0.25) is 0 Å². The molecule has 282 valence electrons. The van der Waals surface area contributed by atoms with Crippen molar-refractivity contribution in [2.75, 3.05) is 57.0 Å². The first-order chi connectivity index (χ1) is 27.7. The van der Waals surface area contributed by atoms with Gasteiger partial charge in [0.25, 0.3) is 0 Å². The normalized spacial score (nSPS) is 11.5. The Bertz CT molecular complexity index is 2190. The van der Waals surface area contributed by atoms with Crippen LogP contribution in [-0.4, -0.2) is 57.2 Å².